The van der Waals surface area contributed by atoms with E-state index >= 15 is 0 Å². The minimum absolute atomic E-state index is 0.00987. The van der Waals surface area contributed by atoms with Crippen LogP contribution in [0.1, 0.15) is 31.5 Å². The normalized spacial score (nSPS) is 13.7. The number of nitrogens with two attached hydrogens (primary N) is 1. The molecule has 1 aromatic heterocycles. The monoisotopic (exact) mass is 298 g/mol. The highest BCUT2D eigenvalue weighted by Gasteiger charge is 2.13. The number of rotatable bonds is 5. The zero-order valence-electron chi connectivity index (χ0n) is 12.7. The Kier molecular flexibility index (Phi) is 4.53. The number of aryl methyl sites for hydroxylation is 2. The van der Waals surface area contributed by atoms with Crippen molar-refractivity contribution < 1.29 is 4.79 Å². The lowest BCUT2D eigenvalue weighted by Crippen LogP contribution is -2.13. The molecule has 2 aromatic rings. The summed E-state index contributed by atoms with van der Waals surface area (Å²) in [6.07, 6.45) is 6.83. The molecule has 0 fully saturated rings. The second-order valence-corrected chi connectivity index (χ2v) is 5.71. The fourth-order valence-corrected chi connectivity index (χ4v) is 2.76. The molecule has 5 nitrogen and oxygen atoms in total. The Balaban J connectivity index is 1.68. The Hall–Kier alpha value is -2.14. The summed E-state index contributed by atoms with van der Waals surface area (Å²) in [6, 6.07) is 7.86. The van der Waals surface area contributed by atoms with Crippen molar-refractivity contribution in [3.8, 4) is 11.3 Å². The van der Waals surface area contributed by atoms with Gasteiger partial charge < -0.3 is 15.6 Å². The maximum atomic E-state index is 11.7. The zero-order valence-corrected chi connectivity index (χ0v) is 12.7. The van der Waals surface area contributed by atoms with Gasteiger partial charge in [0, 0.05) is 36.8 Å². The molecule has 116 valence electrons. The zero-order chi connectivity index (χ0) is 15.4. The number of imidazole rings is 1. The van der Waals surface area contributed by atoms with Crippen LogP contribution in [-0.2, 0) is 17.8 Å². The maximum Gasteiger partial charge on any atom is 0.224 e. The van der Waals surface area contributed by atoms with Crippen molar-refractivity contribution in [3.05, 3.63) is 36.3 Å². The molecule has 0 unspecified atom stereocenters. The molecule has 0 spiro atoms. The number of carbonyl (C=O) groups excluding carboxylic acids is 1. The fraction of sp³-hybridized carbons (Fsp3) is 0.412. The molecule has 0 radical (unpaired) electrons. The van der Waals surface area contributed by atoms with Gasteiger partial charge in [-0.25, -0.2) is 4.98 Å². The molecule has 3 rings (SSSR count). The van der Waals surface area contributed by atoms with E-state index in [1.54, 1.807) is 0 Å². The van der Waals surface area contributed by atoms with Crippen LogP contribution in [-0.4, -0.2) is 22.0 Å². The standard InChI is InChI=1S/C17H22N4O/c18-10-3-5-17(22)19-14-8-6-13(7-9-14)15-12-21-11-2-1-4-16(21)20-15/h6-9,12H,1-5,10-11,18H2,(H,19,22). The van der Waals surface area contributed by atoms with Gasteiger partial charge in [-0.3, -0.25) is 4.79 Å². The fourth-order valence-electron chi connectivity index (χ4n) is 2.76. The number of fused-ring (bicyclic) bond motifs is 1. The molecule has 0 aliphatic carbocycles. The van der Waals surface area contributed by atoms with E-state index in [-0.39, 0.29) is 5.91 Å². The van der Waals surface area contributed by atoms with Gasteiger partial charge in [-0.1, -0.05) is 12.1 Å². The van der Waals surface area contributed by atoms with Gasteiger partial charge in [0.15, 0.2) is 0 Å². The number of nitrogens with one attached hydrogen (secondary N) is 1. The van der Waals surface area contributed by atoms with Crippen molar-refractivity contribution in [1.82, 2.24) is 9.55 Å². The smallest absolute Gasteiger partial charge is 0.224 e. The van der Waals surface area contributed by atoms with E-state index in [1.807, 2.05) is 24.3 Å². The topological polar surface area (TPSA) is 72.9 Å². The van der Waals surface area contributed by atoms with Gasteiger partial charge in [-0.2, -0.15) is 0 Å². The molecular weight excluding hydrogens is 276 g/mol. The molecule has 22 heavy (non-hydrogen) atoms. The van der Waals surface area contributed by atoms with Gasteiger partial charge in [-0.05, 0) is 37.9 Å². The lowest BCUT2D eigenvalue weighted by atomic mass is 10.1. The molecule has 0 saturated carbocycles. The summed E-state index contributed by atoms with van der Waals surface area (Å²) in [4.78, 5) is 16.4. The molecule has 0 bridgehead atoms. The summed E-state index contributed by atoms with van der Waals surface area (Å²) >= 11 is 0. The van der Waals surface area contributed by atoms with E-state index in [0.29, 0.717) is 19.4 Å². The van der Waals surface area contributed by atoms with Gasteiger partial charge in [0.2, 0.25) is 5.91 Å². The average Bonchev–Trinajstić information content (AvgIpc) is 2.97. The second-order valence-electron chi connectivity index (χ2n) is 5.71. The van der Waals surface area contributed by atoms with Crippen LogP contribution in [0.15, 0.2) is 30.5 Å². The lowest BCUT2D eigenvalue weighted by Gasteiger charge is -2.11. The number of benzene rings is 1. The quantitative estimate of drug-likeness (QED) is 0.891. The van der Waals surface area contributed by atoms with Gasteiger partial charge in [0.25, 0.3) is 0 Å². The molecule has 1 aliphatic heterocycles. The summed E-state index contributed by atoms with van der Waals surface area (Å²) in [5.74, 6) is 1.19. The van der Waals surface area contributed by atoms with E-state index in [2.05, 4.69) is 16.1 Å². The van der Waals surface area contributed by atoms with Crippen LogP contribution in [0, 0.1) is 0 Å². The first-order chi connectivity index (χ1) is 10.8. The third-order valence-corrected chi connectivity index (χ3v) is 3.98. The Morgan fingerprint density at radius 3 is 2.82 bits per heavy atom. The van der Waals surface area contributed by atoms with Gasteiger partial charge in [0.05, 0.1) is 5.69 Å². The Morgan fingerprint density at radius 1 is 1.27 bits per heavy atom. The van der Waals surface area contributed by atoms with E-state index < -0.39 is 0 Å². The van der Waals surface area contributed by atoms with Crippen LogP contribution >= 0.6 is 0 Å². The van der Waals surface area contributed by atoms with Crippen molar-refractivity contribution in [2.75, 3.05) is 11.9 Å². The highest BCUT2D eigenvalue weighted by atomic mass is 16.1. The highest BCUT2D eigenvalue weighted by Crippen LogP contribution is 2.24. The van der Waals surface area contributed by atoms with Gasteiger partial charge in [0.1, 0.15) is 5.82 Å². The van der Waals surface area contributed by atoms with Crippen LogP contribution in [0.2, 0.25) is 0 Å². The SMILES string of the molecule is NCCCC(=O)Nc1ccc(-c2cn3c(n2)CCCC3)cc1. The molecule has 1 aromatic carbocycles. The summed E-state index contributed by atoms with van der Waals surface area (Å²) in [7, 11) is 0. The number of hydrogen-bond donors (Lipinski definition) is 2. The number of aromatic nitrogens is 2. The van der Waals surface area contributed by atoms with Gasteiger partial charge >= 0.3 is 0 Å². The maximum absolute atomic E-state index is 11.7. The summed E-state index contributed by atoms with van der Waals surface area (Å²) in [5.41, 5.74) is 8.32. The van der Waals surface area contributed by atoms with Crippen molar-refractivity contribution in [1.29, 1.82) is 0 Å². The minimum atomic E-state index is 0.00987. The minimum Gasteiger partial charge on any atom is -0.334 e. The molecule has 2 heterocycles. The summed E-state index contributed by atoms with van der Waals surface area (Å²) in [5, 5.41) is 2.88. The van der Waals surface area contributed by atoms with Crippen molar-refractivity contribution in [2.24, 2.45) is 5.73 Å². The Morgan fingerprint density at radius 2 is 2.09 bits per heavy atom. The van der Waals surface area contributed by atoms with Crippen molar-refractivity contribution in [3.63, 3.8) is 0 Å². The number of anilines is 1. The van der Waals surface area contributed by atoms with E-state index in [1.165, 1.54) is 18.7 Å². The largest absolute Gasteiger partial charge is 0.334 e. The number of amides is 1. The van der Waals surface area contributed by atoms with E-state index in [0.717, 1.165) is 29.9 Å². The number of hydrogen-bond acceptors (Lipinski definition) is 3. The number of nitrogens with zero attached hydrogens (tertiary/aromatic N) is 2. The predicted octanol–water partition coefficient (Wildman–Crippen LogP) is 2.56. The Labute approximate surface area is 130 Å². The van der Waals surface area contributed by atoms with Crippen molar-refractivity contribution >= 4 is 11.6 Å². The summed E-state index contributed by atoms with van der Waals surface area (Å²) in [6.45, 7) is 1.61. The average molecular weight is 298 g/mol. The second kappa shape index (κ2) is 6.75. The first kappa shape index (κ1) is 14.8. The van der Waals surface area contributed by atoms with Crippen LogP contribution in [0.3, 0.4) is 0 Å². The van der Waals surface area contributed by atoms with Crippen LogP contribution in [0.5, 0.6) is 0 Å². The first-order valence-electron chi connectivity index (χ1n) is 7.92. The Bertz CT molecular complexity index is 622. The molecule has 3 N–H and O–H groups in total. The van der Waals surface area contributed by atoms with Crippen LogP contribution in [0.4, 0.5) is 5.69 Å². The van der Waals surface area contributed by atoms with Crippen LogP contribution in [0.25, 0.3) is 11.3 Å². The first-order valence-corrected chi connectivity index (χ1v) is 7.92. The molecule has 0 saturated heterocycles. The number of carbonyl (C=O) groups is 1. The molecule has 1 aliphatic rings. The third kappa shape index (κ3) is 3.36. The molecule has 5 heteroatoms. The molecular formula is C17H22N4O. The van der Waals surface area contributed by atoms with Crippen LogP contribution < -0.4 is 11.1 Å². The lowest BCUT2D eigenvalue weighted by molar-refractivity contribution is -0.116. The summed E-state index contributed by atoms with van der Waals surface area (Å²) < 4.78 is 2.25. The highest BCUT2D eigenvalue weighted by molar-refractivity contribution is 5.90. The van der Waals surface area contributed by atoms with Crippen molar-refractivity contribution in [2.45, 2.75) is 38.6 Å². The van der Waals surface area contributed by atoms with E-state index in [4.69, 9.17) is 10.7 Å². The van der Waals surface area contributed by atoms with E-state index in [9.17, 15) is 4.79 Å². The predicted molar refractivity (Wildman–Crippen MR) is 87.5 cm³/mol. The third-order valence-electron chi connectivity index (χ3n) is 3.98. The molecule has 1 amide bonds. The van der Waals surface area contributed by atoms with Gasteiger partial charge in [-0.15, -0.1) is 0 Å². The molecule has 0 atom stereocenters.